The Morgan fingerprint density at radius 3 is 2.10 bits per heavy atom. The number of aromatic hydroxyl groups is 2. The first kappa shape index (κ1) is 33.2. The molecule has 0 radical (unpaired) electrons. The molecule has 39 heavy (non-hydrogen) atoms. The van der Waals surface area contributed by atoms with Crippen molar-refractivity contribution >= 4 is 34.7 Å². The SMILES string of the molecule is CCCCCCCCCCCCCCCCONc1cc(O)c(Sc2nc(CC(=O)NCCC)cs2)cc1O. The van der Waals surface area contributed by atoms with E-state index in [1.165, 1.54) is 112 Å². The summed E-state index contributed by atoms with van der Waals surface area (Å²) in [6, 6.07) is 2.95. The molecule has 0 saturated carbocycles. The summed E-state index contributed by atoms with van der Waals surface area (Å²) in [6.07, 6.45) is 19.5. The van der Waals surface area contributed by atoms with Crippen molar-refractivity contribution in [2.75, 3.05) is 18.6 Å². The Morgan fingerprint density at radius 1 is 0.872 bits per heavy atom. The maximum absolute atomic E-state index is 11.9. The van der Waals surface area contributed by atoms with Crippen molar-refractivity contribution in [1.29, 1.82) is 0 Å². The van der Waals surface area contributed by atoms with Crippen LogP contribution >= 0.6 is 23.1 Å². The number of aromatic nitrogens is 1. The van der Waals surface area contributed by atoms with Gasteiger partial charge in [0.15, 0.2) is 4.34 Å². The Hall–Kier alpha value is -1.97. The standard InChI is InChI=1S/C30H49N3O4S2/c1-3-5-6-7-8-9-10-11-12-13-14-15-16-17-19-37-33-25-21-27(35)28(22-26(25)34)39-30-32-24(23-38-30)20-29(36)31-18-4-2/h21-23,33-35H,3-20H2,1-2H3,(H,31,36). The van der Waals surface area contributed by atoms with Gasteiger partial charge in [-0.05, 0) is 18.9 Å². The molecule has 4 N–H and O–H groups in total. The minimum atomic E-state index is -0.0521. The largest absolute Gasteiger partial charge is 0.507 e. The molecule has 1 heterocycles. The third kappa shape index (κ3) is 14.8. The minimum absolute atomic E-state index is 0.00742. The maximum Gasteiger partial charge on any atom is 0.226 e. The predicted molar refractivity (Wildman–Crippen MR) is 163 cm³/mol. The highest BCUT2D eigenvalue weighted by Gasteiger charge is 2.14. The molecule has 0 aliphatic rings. The number of carbonyl (C=O) groups is 1. The van der Waals surface area contributed by atoms with Gasteiger partial charge in [0, 0.05) is 18.0 Å². The number of nitrogens with one attached hydrogen (secondary N) is 2. The first-order valence-corrected chi connectivity index (χ1v) is 16.6. The lowest BCUT2D eigenvalue weighted by Gasteiger charge is -2.11. The lowest BCUT2D eigenvalue weighted by atomic mass is 10.0. The summed E-state index contributed by atoms with van der Waals surface area (Å²) >= 11 is 2.65. The van der Waals surface area contributed by atoms with E-state index in [1.807, 2.05) is 12.3 Å². The first-order chi connectivity index (χ1) is 19.0. The zero-order valence-corrected chi connectivity index (χ0v) is 25.6. The van der Waals surface area contributed by atoms with Gasteiger partial charge < -0.3 is 15.5 Å². The minimum Gasteiger partial charge on any atom is -0.507 e. The average Bonchev–Trinajstić information content (AvgIpc) is 3.36. The number of phenolic OH excluding ortho intramolecular Hbond substituents is 2. The number of anilines is 1. The molecule has 0 fully saturated rings. The summed E-state index contributed by atoms with van der Waals surface area (Å²) in [5, 5.41) is 25.5. The monoisotopic (exact) mass is 579 g/mol. The van der Waals surface area contributed by atoms with Crippen molar-refractivity contribution in [2.24, 2.45) is 0 Å². The molecular formula is C30H49N3O4S2. The van der Waals surface area contributed by atoms with Crippen molar-refractivity contribution in [3.05, 3.63) is 23.2 Å². The summed E-state index contributed by atoms with van der Waals surface area (Å²) < 4.78 is 0.692. The normalized spacial score (nSPS) is 11.1. The van der Waals surface area contributed by atoms with E-state index in [-0.39, 0.29) is 23.8 Å². The fourth-order valence-corrected chi connectivity index (χ4v) is 6.05. The van der Waals surface area contributed by atoms with Gasteiger partial charge in [-0.25, -0.2) is 4.98 Å². The number of hydrogen-bond donors (Lipinski definition) is 4. The molecule has 0 atom stereocenters. The second kappa shape index (κ2) is 20.9. The molecule has 0 aliphatic carbocycles. The van der Waals surface area contributed by atoms with Crippen LogP contribution < -0.4 is 10.8 Å². The van der Waals surface area contributed by atoms with Crippen LogP contribution in [0.2, 0.25) is 0 Å². The van der Waals surface area contributed by atoms with Gasteiger partial charge >= 0.3 is 0 Å². The van der Waals surface area contributed by atoms with Crippen LogP contribution in [0.15, 0.2) is 26.7 Å². The van der Waals surface area contributed by atoms with E-state index in [1.54, 1.807) is 0 Å². The van der Waals surface area contributed by atoms with Gasteiger partial charge in [-0.1, -0.05) is 109 Å². The van der Waals surface area contributed by atoms with Crippen LogP contribution in [0, 0.1) is 0 Å². The third-order valence-corrected chi connectivity index (χ3v) is 8.54. The number of thiazole rings is 1. The van der Waals surface area contributed by atoms with E-state index in [9.17, 15) is 15.0 Å². The predicted octanol–water partition coefficient (Wildman–Crippen LogP) is 8.60. The molecule has 0 saturated heterocycles. The number of rotatable bonds is 23. The highest BCUT2D eigenvalue weighted by atomic mass is 32.2. The number of benzene rings is 1. The van der Waals surface area contributed by atoms with Crippen LogP contribution in [0.1, 0.15) is 116 Å². The van der Waals surface area contributed by atoms with Gasteiger partial charge in [-0.3, -0.25) is 15.1 Å². The maximum atomic E-state index is 11.9. The topological polar surface area (TPSA) is 104 Å². The Kier molecular flexibility index (Phi) is 17.8. The molecule has 0 unspecified atom stereocenters. The lowest BCUT2D eigenvalue weighted by Crippen LogP contribution is -2.25. The molecule has 0 bridgehead atoms. The van der Waals surface area contributed by atoms with Gasteiger partial charge in [-0.2, -0.15) is 0 Å². The van der Waals surface area contributed by atoms with Gasteiger partial charge in [-0.15, -0.1) is 11.3 Å². The van der Waals surface area contributed by atoms with Crippen LogP contribution in [-0.4, -0.2) is 34.3 Å². The first-order valence-electron chi connectivity index (χ1n) is 14.9. The lowest BCUT2D eigenvalue weighted by molar-refractivity contribution is -0.120. The molecule has 0 spiro atoms. The van der Waals surface area contributed by atoms with Crippen LogP contribution in [0.5, 0.6) is 11.5 Å². The molecular weight excluding hydrogens is 530 g/mol. The number of unbranched alkanes of at least 4 members (excludes halogenated alkanes) is 13. The number of phenols is 2. The van der Waals surface area contributed by atoms with E-state index >= 15 is 0 Å². The van der Waals surface area contributed by atoms with Gasteiger partial charge in [0.05, 0.1) is 23.6 Å². The van der Waals surface area contributed by atoms with Crippen molar-refractivity contribution in [3.63, 3.8) is 0 Å². The van der Waals surface area contributed by atoms with Crippen LogP contribution in [-0.2, 0) is 16.1 Å². The highest BCUT2D eigenvalue weighted by Crippen LogP contribution is 2.41. The molecule has 0 aliphatic heterocycles. The van der Waals surface area contributed by atoms with Crippen molar-refractivity contribution in [1.82, 2.24) is 10.3 Å². The van der Waals surface area contributed by atoms with E-state index in [2.05, 4.69) is 22.7 Å². The molecule has 1 aromatic carbocycles. The van der Waals surface area contributed by atoms with E-state index in [0.29, 0.717) is 33.8 Å². The van der Waals surface area contributed by atoms with E-state index in [4.69, 9.17) is 4.84 Å². The molecule has 2 aromatic rings. The molecule has 220 valence electrons. The second-order valence-corrected chi connectivity index (χ2v) is 12.3. The van der Waals surface area contributed by atoms with Crippen LogP contribution in [0.3, 0.4) is 0 Å². The highest BCUT2D eigenvalue weighted by molar-refractivity contribution is 8.01. The molecule has 1 aromatic heterocycles. The Balaban J connectivity index is 1.56. The van der Waals surface area contributed by atoms with Crippen molar-refractivity contribution < 1.29 is 19.8 Å². The Bertz CT molecular complexity index is 939. The molecule has 2 rings (SSSR count). The number of amides is 1. The third-order valence-electron chi connectivity index (χ3n) is 6.50. The fourth-order valence-electron chi connectivity index (χ4n) is 4.22. The molecule has 7 nitrogen and oxygen atoms in total. The summed E-state index contributed by atoms with van der Waals surface area (Å²) in [4.78, 5) is 22.3. The number of carbonyl (C=O) groups excluding carboxylic acids is 1. The number of nitrogens with zero attached hydrogens (tertiary/aromatic N) is 1. The van der Waals surface area contributed by atoms with Gasteiger partial charge in [0.2, 0.25) is 5.91 Å². The fraction of sp³-hybridized carbons (Fsp3) is 0.667. The Morgan fingerprint density at radius 2 is 1.49 bits per heavy atom. The van der Waals surface area contributed by atoms with Gasteiger partial charge in [0.1, 0.15) is 17.2 Å². The molecule has 9 heteroatoms. The van der Waals surface area contributed by atoms with Crippen molar-refractivity contribution in [3.8, 4) is 11.5 Å². The van der Waals surface area contributed by atoms with Crippen LogP contribution in [0.25, 0.3) is 0 Å². The average molecular weight is 580 g/mol. The second-order valence-electron chi connectivity index (χ2n) is 10.1. The summed E-state index contributed by atoms with van der Waals surface area (Å²) in [5.41, 5.74) is 3.78. The van der Waals surface area contributed by atoms with Crippen molar-refractivity contribution in [2.45, 2.75) is 126 Å². The summed E-state index contributed by atoms with van der Waals surface area (Å²) in [6.45, 7) is 5.47. The smallest absolute Gasteiger partial charge is 0.226 e. The quantitative estimate of drug-likeness (QED) is 0.0452. The zero-order valence-electron chi connectivity index (χ0n) is 23.9. The van der Waals surface area contributed by atoms with Gasteiger partial charge in [0.25, 0.3) is 0 Å². The van der Waals surface area contributed by atoms with E-state index < -0.39 is 0 Å². The molecule has 1 amide bonds. The zero-order chi connectivity index (χ0) is 28.1. The van der Waals surface area contributed by atoms with E-state index in [0.717, 1.165) is 19.3 Å². The number of hydrogen-bond acceptors (Lipinski definition) is 8. The van der Waals surface area contributed by atoms with Crippen LogP contribution in [0.4, 0.5) is 5.69 Å². The summed E-state index contributed by atoms with van der Waals surface area (Å²) in [7, 11) is 0. The Labute approximate surface area is 243 Å². The summed E-state index contributed by atoms with van der Waals surface area (Å²) in [5.74, 6) is -0.0338.